The lowest BCUT2D eigenvalue weighted by Crippen LogP contribution is -2.54. The molecule has 0 spiro atoms. The van der Waals surface area contributed by atoms with E-state index in [0.29, 0.717) is 30.6 Å². The Morgan fingerprint density at radius 1 is 1.15 bits per heavy atom. The van der Waals surface area contributed by atoms with Crippen molar-refractivity contribution in [2.75, 3.05) is 20.2 Å². The zero-order valence-electron chi connectivity index (χ0n) is 22.3. The van der Waals surface area contributed by atoms with Crippen LogP contribution in [0, 0.1) is 5.92 Å². The number of hydrogen-bond donors (Lipinski definition) is 3. The highest BCUT2D eigenvalue weighted by Gasteiger charge is 2.35. The molecule has 1 aliphatic heterocycles. The number of furan rings is 1. The van der Waals surface area contributed by atoms with Crippen LogP contribution in [0.2, 0.25) is 0 Å². The highest BCUT2D eigenvalue weighted by Crippen LogP contribution is 2.24. The van der Waals surface area contributed by atoms with Crippen molar-refractivity contribution in [2.24, 2.45) is 5.92 Å². The zero-order chi connectivity index (χ0) is 28.2. The number of rotatable bonds is 9. The second-order valence-electron chi connectivity index (χ2n) is 10.2. The number of amides is 2. The predicted octanol–water partition coefficient (Wildman–Crippen LogP) is 2.92. The van der Waals surface area contributed by atoms with E-state index in [-0.39, 0.29) is 29.7 Å². The first-order valence-corrected chi connectivity index (χ1v) is 14.4. The van der Waals surface area contributed by atoms with E-state index in [0.717, 1.165) is 5.39 Å². The fourth-order valence-electron chi connectivity index (χ4n) is 4.71. The van der Waals surface area contributed by atoms with Crippen LogP contribution in [0.4, 0.5) is 0 Å². The van der Waals surface area contributed by atoms with E-state index in [1.807, 2.05) is 32.0 Å². The van der Waals surface area contributed by atoms with Gasteiger partial charge in [0, 0.05) is 24.5 Å². The molecule has 11 heteroatoms. The smallest absolute Gasteiger partial charge is 0.287 e. The van der Waals surface area contributed by atoms with Gasteiger partial charge >= 0.3 is 0 Å². The molecule has 3 aromatic rings. The van der Waals surface area contributed by atoms with Crippen molar-refractivity contribution >= 4 is 32.8 Å². The minimum atomic E-state index is -3.88. The van der Waals surface area contributed by atoms with E-state index in [9.17, 15) is 23.1 Å². The summed E-state index contributed by atoms with van der Waals surface area (Å²) in [5.74, 6) is -0.340. The summed E-state index contributed by atoms with van der Waals surface area (Å²) in [5, 5.41) is 17.3. The van der Waals surface area contributed by atoms with Gasteiger partial charge in [0.25, 0.3) is 5.91 Å². The number of nitrogens with zero attached hydrogens (tertiary/aromatic N) is 1. The lowest BCUT2D eigenvalue weighted by molar-refractivity contribution is -0.125. The van der Waals surface area contributed by atoms with Crippen LogP contribution in [0.1, 0.15) is 43.7 Å². The number of hydrogen-bond acceptors (Lipinski definition) is 7. The topological polar surface area (TPSA) is 138 Å². The van der Waals surface area contributed by atoms with Gasteiger partial charge in [-0.3, -0.25) is 9.59 Å². The van der Waals surface area contributed by atoms with Crippen LogP contribution in [0.25, 0.3) is 11.0 Å². The maximum absolute atomic E-state index is 13.3. The van der Waals surface area contributed by atoms with Crippen molar-refractivity contribution in [1.29, 1.82) is 0 Å². The Morgan fingerprint density at radius 2 is 1.92 bits per heavy atom. The van der Waals surface area contributed by atoms with Crippen LogP contribution in [0.15, 0.2) is 63.9 Å². The minimum Gasteiger partial charge on any atom is -0.497 e. The van der Waals surface area contributed by atoms with Gasteiger partial charge < -0.3 is 24.9 Å². The molecule has 1 aromatic heterocycles. The molecule has 4 rings (SSSR count). The zero-order valence-corrected chi connectivity index (χ0v) is 23.1. The molecular formula is C28H35N3O7S. The Kier molecular flexibility index (Phi) is 8.94. The van der Waals surface area contributed by atoms with Crippen LogP contribution >= 0.6 is 0 Å². The van der Waals surface area contributed by atoms with Crippen molar-refractivity contribution in [3.63, 3.8) is 0 Å². The SMILES string of the molecule is COc1cccc(S(=O)(=O)N2CCCC(NC(=O)[C@H](CC(C)C)NC(=O)c3cc4ccccc4o3)C(O)C2)c1. The van der Waals surface area contributed by atoms with E-state index in [1.54, 1.807) is 24.3 Å². The van der Waals surface area contributed by atoms with Gasteiger partial charge in [-0.15, -0.1) is 0 Å². The number of aliphatic hydroxyl groups is 1. The molecule has 210 valence electrons. The molecule has 1 fully saturated rings. The summed E-state index contributed by atoms with van der Waals surface area (Å²) in [6, 6.07) is 13.5. The Bertz CT molecular complexity index is 1390. The fourth-order valence-corrected chi connectivity index (χ4v) is 6.25. The van der Waals surface area contributed by atoms with Gasteiger partial charge in [-0.1, -0.05) is 38.1 Å². The van der Waals surface area contributed by atoms with Crippen LogP contribution in [-0.4, -0.2) is 68.0 Å². The van der Waals surface area contributed by atoms with Crippen molar-refractivity contribution in [3.8, 4) is 5.75 Å². The summed E-state index contributed by atoms with van der Waals surface area (Å²) in [6.07, 6.45) is 0.0494. The first-order valence-electron chi connectivity index (χ1n) is 13.0. The normalized spacial score (nSPS) is 19.4. The van der Waals surface area contributed by atoms with Crippen molar-refractivity contribution < 1.29 is 32.3 Å². The molecule has 0 bridgehead atoms. The molecule has 0 aliphatic carbocycles. The third-order valence-corrected chi connectivity index (χ3v) is 8.62. The molecule has 39 heavy (non-hydrogen) atoms. The van der Waals surface area contributed by atoms with Gasteiger partial charge in [0.15, 0.2) is 5.76 Å². The Balaban J connectivity index is 1.44. The second-order valence-corrected chi connectivity index (χ2v) is 12.1. The Hall–Kier alpha value is -3.41. The van der Waals surface area contributed by atoms with Crippen LogP contribution in [0.5, 0.6) is 5.75 Å². The summed E-state index contributed by atoms with van der Waals surface area (Å²) in [6.45, 7) is 3.90. The number of carbonyl (C=O) groups is 2. The van der Waals surface area contributed by atoms with Crippen molar-refractivity contribution in [2.45, 2.75) is 56.2 Å². The number of aliphatic hydroxyl groups excluding tert-OH is 1. The first-order chi connectivity index (χ1) is 18.6. The predicted molar refractivity (Wildman–Crippen MR) is 146 cm³/mol. The van der Waals surface area contributed by atoms with Gasteiger partial charge in [-0.2, -0.15) is 4.31 Å². The first kappa shape index (κ1) is 28.6. The van der Waals surface area contributed by atoms with E-state index >= 15 is 0 Å². The number of sulfonamides is 1. The van der Waals surface area contributed by atoms with E-state index in [4.69, 9.17) is 9.15 Å². The van der Waals surface area contributed by atoms with Gasteiger partial charge in [0.1, 0.15) is 17.4 Å². The number of nitrogens with one attached hydrogen (secondary N) is 2. The molecule has 2 unspecified atom stereocenters. The molecule has 3 atom stereocenters. The average Bonchev–Trinajstić information content (AvgIpc) is 3.26. The monoisotopic (exact) mass is 557 g/mol. The maximum atomic E-state index is 13.3. The number of para-hydroxylation sites is 1. The van der Waals surface area contributed by atoms with E-state index in [1.165, 1.54) is 23.5 Å². The Morgan fingerprint density at radius 3 is 2.64 bits per heavy atom. The molecule has 2 heterocycles. The lowest BCUT2D eigenvalue weighted by atomic mass is 10.0. The van der Waals surface area contributed by atoms with Gasteiger partial charge in [0.05, 0.1) is 24.2 Å². The Labute approximate surface area is 228 Å². The second kappa shape index (κ2) is 12.2. The van der Waals surface area contributed by atoms with Crippen LogP contribution < -0.4 is 15.4 Å². The number of benzene rings is 2. The third kappa shape index (κ3) is 6.78. The number of ether oxygens (including phenoxy) is 1. The van der Waals surface area contributed by atoms with Gasteiger partial charge in [-0.25, -0.2) is 8.42 Å². The largest absolute Gasteiger partial charge is 0.497 e. The standard InChI is InChI=1S/C28H35N3O7S/c1-18(2)14-23(30-28(34)26-15-19-8-4-5-12-25(19)38-26)27(33)29-22-11-7-13-31(17-24(22)32)39(35,36)21-10-6-9-20(16-21)37-3/h4-6,8-10,12,15-16,18,22-24,32H,7,11,13-14,17H2,1-3H3,(H,29,33)(H,30,34)/t22?,23-,24?/m0/s1. The van der Waals surface area contributed by atoms with Crippen LogP contribution in [0.3, 0.4) is 0 Å². The van der Waals surface area contributed by atoms with Crippen LogP contribution in [-0.2, 0) is 14.8 Å². The molecule has 3 N–H and O–H groups in total. The van der Waals surface area contributed by atoms with Gasteiger partial charge in [-0.05, 0) is 49.4 Å². The number of methoxy groups -OCH3 is 1. The molecule has 2 aromatic carbocycles. The molecule has 0 radical (unpaired) electrons. The highest BCUT2D eigenvalue weighted by molar-refractivity contribution is 7.89. The summed E-state index contributed by atoms with van der Waals surface area (Å²) >= 11 is 0. The van der Waals surface area contributed by atoms with Crippen molar-refractivity contribution in [1.82, 2.24) is 14.9 Å². The number of β-amino-alcohol motifs (C(OH)–C–C–N with tert-alkyl or cyclic N) is 1. The maximum Gasteiger partial charge on any atom is 0.287 e. The summed E-state index contributed by atoms with van der Waals surface area (Å²) in [4.78, 5) is 26.3. The number of carbonyl (C=O) groups excluding carboxylic acids is 2. The molecule has 1 aliphatic rings. The number of fused-ring (bicyclic) bond motifs is 1. The molecule has 0 saturated carbocycles. The third-order valence-electron chi connectivity index (χ3n) is 6.76. The molecule has 10 nitrogen and oxygen atoms in total. The summed E-state index contributed by atoms with van der Waals surface area (Å²) < 4.78 is 38.5. The molecule has 2 amide bonds. The lowest BCUT2D eigenvalue weighted by Gasteiger charge is -2.27. The molecular weight excluding hydrogens is 522 g/mol. The van der Waals surface area contributed by atoms with Gasteiger partial charge in [0.2, 0.25) is 15.9 Å². The van der Waals surface area contributed by atoms with E-state index in [2.05, 4.69) is 10.6 Å². The van der Waals surface area contributed by atoms with Crippen molar-refractivity contribution in [3.05, 3.63) is 60.4 Å². The quantitative estimate of drug-likeness (QED) is 0.368. The summed E-state index contributed by atoms with van der Waals surface area (Å²) in [5.41, 5.74) is 0.572. The van der Waals surface area contributed by atoms with E-state index < -0.39 is 40.0 Å². The summed E-state index contributed by atoms with van der Waals surface area (Å²) in [7, 11) is -2.42. The average molecular weight is 558 g/mol. The fraction of sp³-hybridized carbons (Fsp3) is 0.429. The molecule has 1 saturated heterocycles. The highest BCUT2D eigenvalue weighted by atomic mass is 32.2. The minimum absolute atomic E-state index is 0.0711.